The molecule has 0 aromatic heterocycles. The number of phosphoric ester groups is 1. The van der Waals surface area contributed by atoms with Gasteiger partial charge in [-0.15, -0.1) is 0 Å². The van der Waals surface area contributed by atoms with Gasteiger partial charge in [-0.1, -0.05) is 135 Å². The van der Waals surface area contributed by atoms with Crippen molar-refractivity contribution in [2.75, 3.05) is 26.4 Å². The van der Waals surface area contributed by atoms with Crippen LogP contribution < -0.4 is 0 Å². The summed E-state index contributed by atoms with van der Waals surface area (Å²) < 4.78 is 32.5. The van der Waals surface area contributed by atoms with Gasteiger partial charge in [-0.25, -0.2) is 4.57 Å². The van der Waals surface area contributed by atoms with Gasteiger partial charge < -0.3 is 24.6 Å². The predicted molar refractivity (Wildman–Crippen MR) is 192 cm³/mol. The van der Waals surface area contributed by atoms with E-state index >= 15 is 0 Å². The van der Waals surface area contributed by atoms with Crippen LogP contribution in [0.5, 0.6) is 0 Å². The van der Waals surface area contributed by atoms with E-state index in [-0.39, 0.29) is 19.4 Å². The molecule has 0 saturated heterocycles. The highest BCUT2D eigenvalue weighted by molar-refractivity contribution is 7.47. The monoisotopic (exact) mass is 706 g/mol. The molecule has 0 spiro atoms. The molecule has 0 bridgehead atoms. The summed E-state index contributed by atoms with van der Waals surface area (Å²) in [5, 5.41) is 18.3. The molecule has 3 atom stereocenters. The summed E-state index contributed by atoms with van der Waals surface area (Å²) in [6.07, 6.45) is 28.9. The molecule has 0 aliphatic carbocycles. The Morgan fingerprint density at radius 3 is 1.54 bits per heavy atom. The Bertz CT molecular complexity index is 822. The summed E-state index contributed by atoms with van der Waals surface area (Å²) in [5.74, 6) is -0.931. The van der Waals surface area contributed by atoms with Gasteiger partial charge in [-0.05, 0) is 38.5 Å². The quantitative estimate of drug-likeness (QED) is 0.0249. The molecule has 0 rings (SSSR count). The summed E-state index contributed by atoms with van der Waals surface area (Å²) in [6, 6.07) is 0. The fourth-order valence-electron chi connectivity index (χ4n) is 5.16. The first kappa shape index (κ1) is 46.7. The second kappa shape index (κ2) is 34.2. The molecule has 0 amide bonds. The third-order valence-corrected chi connectivity index (χ3v) is 9.12. The average molecular weight is 707 g/mol. The van der Waals surface area contributed by atoms with Gasteiger partial charge in [0.15, 0.2) is 6.10 Å². The number of allylic oxidation sites excluding steroid dienone is 2. The predicted octanol–water partition coefficient (Wildman–Crippen LogP) is 9.28. The van der Waals surface area contributed by atoms with E-state index in [1.807, 2.05) is 0 Å². The third kappa shape index (κ3) is 33.2. The highest BCUT2D eigenvalue weighted by atomic mass is 31.2. The highest BCUT2D eigenvalue weighted by Gasteiger charge is 2.27. The molecule has 0 radical (unpaired) electrons. The molecule has 11 heteroatoms. The minimum absolute atomic E-state index is 0.187. The van der Waals surface area contributed by atoms with Crippen LogP contribution in [0.1, 0.15) is 174 Å². The molecule has 0 fully saturated rings. The van der Waals surface area contributed by atoms with E-state index in [2.05, 4.69) is 30.5 Å². The van der Waals surface area contributed by atoms with Crippen LogP contribution in [0.2, 0.25) is 0 Å². The van der Waals surface area contributed by atoms with E-state index in [4.69, 9.17) is 19.1 Å². The number of aliphatic hydroxyl groups excluding tert-OH is 2. The first-order valence-corrected chi connectivity index (χ1v) is 20.6. The summed E-state index contributed by atoms with van der Waals surface area (Å²) in [4.78, 5) is 34.8. The molecule has 10 nitrogen and oxygen atoms in total. The fourth-order valence-corrected chi connectivity index (χ4v) is 5.95. The van der Waals surface area contributed by atoms with Crippen molar-refractivity contribution in [1.29, 1.82) is 0 Å². The van der Waals surface area contributed by atoms with Crippen LogP contribution in [-0.4, -0.2) is 65.7 Å². The lowest BCUT2D eigenvalue weighted by Gasteiger charge is -2.20. The Labute approximate surface area is 292 Å². The van der Waals surface area contributed by atoms with Crippen LogP contribution >= 0.6 is 7.82 Å². The van der Waals surface area contributed by atoms with Crippen molar-refractivity contribution in [2.24, 2.45) is 0 Å². The van der Waals surface area contributed by atoms with Crippen molar-refractivity contribution in [1.82, 2.24) is 0 Å². The van der Waals surface area contributed by atoms with Crippen molar-refractivity contribution >= 4 is 19.8 Å². The van der Waals surface area contributed by atoms with E-state index in [1.165, 1.54) is 77.0 Å². The summed E-state index contributed by atoms with van der Waals surface area (Å²) in [5.41, 5.74) is 0. The lowest BCUT2D eigenvalue weighted by molar-refractivity contribution is -0.161. The fraction of sp³-hybridized carbons (Fsp3) is 0.892. The van der Waals surface area contributed by atoms with Crippen molar-refractivity contribution in [3.05, 3.63) is 12.2 Å². The SMILES string of the molecule is CCCCC/C=C/CCCCCCCC(=O)OC[C@H](COP(=O)(O)OC[C@@H](O)CO)OC(=O)CCCCCCCCCCCCCCC. The van der Waals surface area contributed by atoms with Crippen LogP contribution in [0, 0.1) is 0 Å². The number of hydrogen-bond acceptors (Lipinski definition) is 9. The van der Waals surface area contributed by atoms with E-state index < -0.39 is 51.8 Å². The van der Waals surface area contributed by atoms with Gasteiger partial charge in [0.2, 0.25) is 0 Å². The first-order valence-electron chi connectivity index (χ1n) is 19.1. The second-order valence-corrected chi connectivity index (χ2v) is 14.4. The topological polar surface area (TPSA) is 149 Å². The van der Waals surface area contributed by atoms with Gasteiger partial charge in [0, 0.05) is 12.8 Å². The number of ether oxygens (including phenoxy) is 2. The van der Waals surface area contributed by atoms with E-state index in [0.29, 0.717) is 12.8 Å². The normalized spacial score (nSPS) is 14.2. The van der Waals surface area contributed by atoms with Crippen molar-refractivity contribution in [3.8, 4) is 0 Å². The van der Waals surface area contributed by atoms with Gasteiger partial charge in [0.05, 0.1) is 19.8 Å². The molecule has 3 N–H and O–H groups in total. The molecule has 1 unspecified atom stereocenters. The molecule has 284 valence electrons. The van der Waals surface area contributed by atoms with Gasteiger partial charge >= 0.3 is 19.8 Å². The molecule has 0 heterocycles. The Balaban J connectivity index is 4.37. The van der Waals surface area contributed by atoms with Crippen LogP contribution in [0.4, 0.5) is 0 Å². The van der Waals surface area contributed by atoms with Gasteiger partial charge in [-0.2, -0.15) is 0 Å². The lowest BCUT2D eigenvalue weighted by Crippen LogP contribution is -2.29. The zero-order valence-electron chi connectivity index (χ0n) is 30.5. The van der Waals surface area contributed by atoms with Crippen LogP contribution in [-0.2, 0) is 32.7 Å². The lowest BCUT2D eigenvalue weighted by atomic mass is 10.0. The highest BCUT2D eigenvalue weighted by Crippen LogP contribution is 2.43. The maximum absolute atomic E-state index is 12.5. The molecule has 48 heavy (non-hydrogen) atoms. The maximum atomic E-state index is 12.5. The zero-order valence-corrected chi connectivity index (χ0v) is 31.4. The minimum atomic E-state index is -4.61. The standard InChI is InChI=1S/C37H71O10P/c1-3-5-7-9-11-13-15-17-19-21-23-25-27-29-37(41)47-35(33-46-48(42,43)45-31-34(39)30-38)32-44-36(40)28-26-24-22-20-18-16-14-12-10-8-6-4-2/h12,14,34-35,38-39H,3-11,13,15-33H2,1-2H3,(H,42,43)/b14-12+/t34-,35+/m0/s1. The number of rotatable bonds is 36. The third-order valence-electron chi connectivity index (χ3n) is 8.17. The van der Waals surface area contributed by atoms with Gasteiger partial charge in [-0.3, -0.25) is 18.6 Å². The number of phosphoric acid groups is 1. The molecular weight excluding hydrogens is 635 g/mol. The Morgan fingerprint density at radius 1 is 0.604 bits per heavy atom. The Morgan fingerprint density at radius 2 is 1.02 bits per heavy atom. The number of esters is 2. The van der Waals surface area contributed by atoms with Gasteiger partial charge in [0.1, 0.15) is 12.7 Å². The Kier molecular flexibility index (Phi) is 33.3. The second-order valence-electron chi connectivity index (χ2n) is 13.0. The first-order chi connectivity index (χ1) is 23.2. The van der Waals surface area contributed by atoms with E-state index in [0.717, 1.165) is 57.8 Å². The van der Waals surface area contributed by atoms with Crippen molar-refractivity contribution < 1.29 is 47.8 Å². The molecular formula is C37H71O10P. The Hall–Kier alpha value is -1.29. The van der Waals surface area contributed by atoms with E-state index in [9.17, 15) is 24.2 Å². The van der Waals surface area contributed by atoms with Gasteiger partial charge in [0.25, 0.3) is 0 Å². The van der Waals surface area contributed by atoms with Crippen LogP contribution in [0.25, 0.3) is 0 Å². The largest absolute Gasteiger partial charge is 0.472 e. The summed E-state index contributed by atoms with van der Waals surface area (Å²) in [7, 11) is -4.61. The molecule has 0 aromatic carbocycles. The zero-order chi connectivity index (χ0) is 35.6. The molecule has 0 aliphatic heterocycles. The molecule has 0 aromatic rings. The number of hydrogen-bond donors (Lipinski definition) is 3. The number of aliphatic hydroxyl groups is 2. The van der Waals surface area contributed by atoms with E-state index in [1.54, 1.807) is 0 Å². The average Bonchev–Trinajstić information content (AvgIpc) is 3.07. The molecule has 0 saturated carbocycles. The maximum Gasteiger partial charge on any atom is 0.472 e. The molecule has 0 aliphatic rings. The minimum Gasteiger partial charge on any atom is -0.462 e. The summed E-state index contributed by atoms with van der Waals surface area (Å²) in [6.45, 7) is 2.34. The van der Waals surface area contributed by atoms with Crippen LogP contribution in [0.15, 0.2) is 12.2 Å². The van der Waals surface area contributed by atoms with Crippen molar-refractivity contribution in [3.63, 3.8) is 0 Å². The number of carbonyl (C=O) groups excluding carboxylic acids is 2. The number of unbranched alkanes of at least 4 members (excludes halogenated alkanes) is 20. The number of carbonyl (C=O) groups is 2. The summed E-state index contributed by atoms with van der Waals surface area (Å²) >= 11 is 0. The van der Waals surface area contributed by atoms with Crippen molar-refractivity contribution in [2.45, 2.75) is 187 Å². The smallest absolute Gasteiger partial charge is 0.462 e. The van der Waals surface area contributed by atoms with Crippen LogP contribution in [0.3, 0.4) is 0 Å².